The van der Waals surface area contributed by atoms with E-state index in [0.29, 0.717) is 41.1 Å². The molecule has 1 aromatic heterocycles. The zero-order valence-electron chi connectivity index (χ0n) is 40.3. The molecule has 8 rings (SSSR count). The number of carbonyl (C=O) groups excluding carboxylic acids is 4. The molecule has 2 aliphatic rings. The number of likely N-dealkylation sites (tertiary alicyclic amines) is 1. The number of fused-ring (bicyclic) bond motifs is 1. The van der Waals surface area contributed by atoms with Crippen LogP contribution in [0.15, 0.2) is 128 Å². The lowest BCUT2D eigenvalue weighted by atomic mass is 9.91. The number of carboxylic acids is 2. The fraction of sp³-hybridized carbons (Fsp3) is 0.281. The van der Waals surface area contributed by atoms with Gasteiger partial charge in [0.1, 0.15) is 18.3 Å². The van der Waals surface area contributed by atoms with Crippen LogP contribution in [0.2, 0.25) is 0 Å². The molecule has 14 nitrogen and oxygen atoms in total. The van der Waals surface area contributed by atoms with E-state index >= 15 is 0 Å². The average molecular weight is 956 g/mol. The van der Waals surface area contributed by atoms with Crippen molar-refractivity contribution in [2.45, 2.75) is 84.5 Å². The van der Waals surface area contributed by atoms with Gasteiger partial charge in [0, 0.05) is 30.9 Å². The molecular weight excluding hydrogens is 899 g/mol. The summed E-state index contributed by atoms with van der Waals surface area (Å²) in [6.07, 6.45) is 2.67. The first-order chi connectivity index (χ1) is 34.0. The third-order valence-corrected chi connectivity index (χ3v) is 13.4. The van der Waals surface area contributed by atoms with Crippen molar-refractivity contribution in [2.24, 2.45) is 5.92 Å². The molecular formula is C57H57N5O9. The van der Waals surface area contributed by atoms with Crippen molar-refractivity contribution in [1.82, 2.24) is 20.5 Å². The standard InChI is InChI=1S/C57H57N5O9/c1-33-16-23-51(64)62(31-33)55(56(69)60-47(28-53(67)68)43-25-44(30-58-29-43)54-35(3)10-8-11-36(54)4)39-21-19-38(20-22-39)40-18-17-34(2)45(26-40)41-12-9-13-42(24-41)46(27-52(65)66)59-50(63)32-61-48-14-6-7-15-49(48)71-37(5)57(61)70/h6-15,17-22,24-26,29-30,33,37,46-47,55H,16,23,27-28,31-32H2,1-5H3,(H,59,63)(H,60,69)(H,65,66)(H,67,68)/t33?,37?,46-,47-,55-/m0/s1. The molecule has 5 atom stereocenters. The van der Waals surface area contributed by atoms with Gasteiger partial charge in [0.15, 0.2) is 6.10 Å². The Morgan fingerprint density at radius 1 is 0.690 bits per heavy atom. The Balaban J connectivity index is 1.05. The van der Waals surface area contributed by atoms with Crippen molar-refractivity contribution < 1.29 is 43.7 Å². The molecule has 0 radical (unpaired) electrons. The molecule has 0 aliphatic carbocycles. The molecule has 2 unspecified atom stereocenters. The van der Waals surface area contributed by atoms with E-state index in [4.69, 9.17) is 4.74 Å². The van der Waals surface area contributed by atoms with Gasteiger partial charge in [-0.15, -0.1) is 0 Å². The van der Waals surface area contributed by atoms with Gasteiger partial charge in [0.05, 0.1) is 30.6 Å². The lowest BCUT2D eigenvalue weighted by molar-refractivity contribution is -0.145. The highest BCUT2D eigenvalue weighted by Crippen LogP contribution is 2.37. The molecule has 0 bridgehead atoms. The average Bonchev–Trinajstić information content (AvgIpc) is 3.34. The lowest BCUT2D eigenvalue weighted by Crippen LogP contribution is -2.49. The minimum absolute atomic E-state index is 0.137. The van der Waals surface area contributed by atoms with Crippen molar-refractivity contribution in [3.05, 3.63) is 161 Å². The number of aliphatic carboxylic acids is 2. The Morgan fingerprint density at radius 3 is 2.07 bits per heavy atom. The van der Waals surface area contributed by atoms with Gasteiger partial charge in [-0.3, -0.25) is 38.7 Å². The van der Waals surface area contributed by atoms with E-state index in [9.17, 15) is 39.0 Å². The predicted molar refractivity (Wildman–Crippen MR) is 269 cm³/mol. The Kier molecular flexibility index (Phi) is 14.8. The number of pyridine rings is 1. The molecule has 6 aromatic rings. The number of rotatable bonds is 16. The van der Waals surface area contributed by atoms with Gasteiger partial charge >= 0.3 is 11.9 Å². The number of carbonyl (C=O) groups is 6. The fourth-order valence-electron chi connectivity index (χ4n) is 9.72. The maximum absolute atomic E-state index is 14.7. The number of nitrogens with zero attached hydrogens (tertiary/aromatic N) is 3. The minimum atomic E-state index is -1.11. The van der Waals surface area contributed by atoms with Crippen molar-refractivity contribution >= 4 is 41.3 Å². The number of piperidine rings is 1. The molecule has 71 heavy (non-hydrogen) atoms. The molecule has 0 saturated carbocycles. The zero-order chi connectivity index (χ0) is 50.5. The second kappa shape index (κ2) is 21.2. The van der Waals surface area contributed by atoms with E-state index in [1.165, 1.54) is 4.90 Å². The van der Waals surface area contributed by atoms with Crippen LogP contribution in [-0.2, 0) is 28.8 Å². The summed E-state index contributed by atoms with van der Waals surface area (Å²) >= 11 is 0. The van der Waals surface area contributed by atoms with Crippen LogP contribution in [0.4, 0.5) is 5.69 Å². The number of para-hydroxylation sites is 2. The van der Waals surface area contributed by atoms with Crippen LogP contribution in [0.1, 0.15) is 91.0 Å². The SMILES string of the molecule is Cc1ccc(-c2ccc([C@@H](C(=O)N[C@@H](CC(=O)O)c3cncc(-c4c(C)cccc4C)c3)N3CC(C)CCC3=O)cc2)cc1-c1cccc([C@H](CC(=O)O)NC(=O)CN2C(=O)C(C)Oc3ccccc32)c1. The molecule has 14 heteroatoms. The number of aryl methyl sites for hydroxylation is 3. The van der Waals surface area contributed by atoms with Gasteiger partial charge in [0.2, 0.25) is 17.7 Å². The number of ether oxygens (including phenoxy) is 1. The second-order valence-corrected chi connectivity index (χ2v) is 18.7. The third kappa shape index (κ3) is 11.2. The van der Waals surface area contributed by atoms with E-state index in [1.54, 1.807) is 54.5 Å². The van der Waals surface area contributed by atoms with Crippen LogP contribution in [0.5, 0.6) is 5.75 Å². The quantitative estimate of drug-likeness (QED) is 0.0727. The number of aromatic nitrogens is 1. The van der Waals surface area contributed by atoms with Crippen molar-refractivity contribution in [3.63, 3.8) is 0 Å². The van der Waals surface area contributed by atoms with Gasteiger partial charge in [0.25, 0.3) is 5.91 Å². The molecule has 1 fully saturated rings. The Morgan fingerprint density at radius 2 is 1.35 bits per heavy atom. The Labute approximate surface area is 412 Å². The van der Waals surface area contributed by atoms with Crippen LogP contribution in [0.3, 0.4) is 0 Å². The Bertz CT molecular complexity index is 3010. The van der Waals surface area contributed by atoms with Crippen LogP contribution in [0.25, 0.3) is 33.4 Å². The van der Waals surface area contributed by atoms with Crippen molar-refractivity contribution in [2.75, 3.05) is 18.0 Å². The summed E-state index contributed by atoms with van der Waals surface area (Å²) in [5, 5.41) is 25.9. The summed E-state index contributed by atoms with van der Waals surface area (Å²) in [6.45, 7) is 9.64. The minimum Gasteiger partial charge on any atom is -0.481 e. The van der Waals surface area contributed by atoms with Gasteiger partial charge < -0.3 is 30.5 Å². The first-order valence-electron chi connectivity index (χ1n) is 23.8. The number of hydrogen-bond donors (Lipinski definition) is 4. The summed E-state index contributed by atoms with van der Waals surface area (Å²) in [6, 6.07) is 32.6. The topological polar surface area (TPSA) is 196 Å². The van der Waals surface area contributed by atoms with E-state index in [-0.39, 0.29) is 30.7 Å². The number of amides is 4. The lowest BCUT2D eigenvalue weighted by Gasteiger charge is -2.37. The van der Waals surface area contributed by atoms with E-state index < -0.39 is 60.8 Å². The third-order valence-electron chi connectivity index (χ3n) is 13.4. The molecule has 5 aromatic carbocycles. The van der Waals surface area contributed by atoms with Gasteiger partial charge in [-0.1, -0.05) is 91.9 Å². The number of nitrogens with one attached hydrogen (secondary N) is 2. The number of anilines is 1. The fourth-order valence-corrected chi connectivity index (χ4v) is 9.72. The highest BCUT2D eigenvalue weighted by Gasteiger charge is 2.37. The maximum Gasteiger partial charge on any atom is 0.305 e. The molecule has 3 heterocycles. The Hall–Kier alpha value is -8.13. The van der Waals surface area contributed by atoms with Crippen LogP contribution < -0.4 is 20.3 Å². The summed E-state index contributed by atoms with van der Waals surface area (Å²) in [5.74, 6) is -3.19. The van der Waals surface area contributed by atoms with Crippen molar-refractivity contribution in [3.8, 4) is 39.1 Å². The predicted octanol–water partition coefficient (Wildman–Crippen LogP) is 9.09. The summed E-state index contributed by atoms with van der Waals surface area (Å²) in [5.41, 5.74) is 10.2. The second-order valence-electron chi connectivity index (χ2n) is 18.7. The van der Waals surface area contributed by atoms with E-state index in [2.05, 4.69) is 15.6 Å². The first kappa shape index (κ1) is 49.3. The van der Waals surface area contributed by atoms with E-state index in [1.807, 2.05) is 113 Å². The summed E-state index contributed by atoms with van der Waals surface area (Å²) in [4.78, 5) is 86.9. The maximum atomic E-state index is 14.7. The molecule has 4 N–H and O–H groups in total. The van der Waals surface area contributed by atoms with Gasteiger partial charge in [-0.25, -0.2) is 0 Å². The summed E-state index contributed by atoms with van der Waals surface area (Å²) < 4.78 is 5.72. The van der Waals surface area contributed by atoms with Crippen LogP contribution in [-0.4, -0.2) is 74.9 Å². The van der Waals surface area contributed by atoms with E-state index in [0.717, 1.165) is 50.1 Å². The summed E-state index contributed by atoms with van der Waals surface area (Å²) in [7, 11) is 0. The first-order valence-corrected chi connectivity index (χ1v) is 23.8. The van der Waals surface area contributed by atoms with Gasteiger partial charge in [-0.2, -0.15) is 0 Å². The largest absolute Gasteiger partial charge is 0.481 e. The molecule has 1 saturated heterocycles. The number of hydrogen-bond acceptors (Lipinski definition) is 8. The molecule has 364 valence electrons. The van der Waals surface area contributed by atoms with Crippen LogP contribution >= 0.6 is 0 Å². The molecule has 0 spiro atoms. The highest BCUT2D eigenvalue weighted by molar-refractivity contribution is 6.03. The van der Waals surface area contributed by atoms with Gasteiger partial charge in [-0.05, 0) is 132 Å². The highest BCUT2D eigenvalue weighted by atomic mass is 16.5. The normalized spacial score (nSPS) is 16.8. The van der Waals surface area contributed by atoms with Crippen LogP contribution in [0, 0.1) is 26.7 Å². The molecule has 2 aliphatic heterocycles. The molecule has 4 amide bonds. The monoisotopic (exact) mass is 955 g/mol. The van der Waals surface area contributed by atoms with Crippen molar-refractivity contribution in [1.29, 1.82) is 0 Å². The smallest absolute Gasteiger partial charge is 0.305 e. The number of carboxylic acid groups (broad SMARTS) is 2. The zero-order valence-corrected chi connectivity index (χ0v) is 40.3. The number of benzene rings is 5.